The summed E-state index contributed by atoms with van der Waals surface area (Å²) in [5.74, 6) is 0. The van der Waals surface area contributed by atoms with Crippen LogP contribution in [0.4, 0.5) is 0 Å². The van der Waals surface area contributed by atoms with E-state index < -0.39 is 8.32 Å². The van der Waals surface area contributed by atoms with Crippen molar-refractivity contribution in [2.45, 2.75) is 45.5 Å². The van der Waals surface area contributed by atoms with Crippen molar-refractivity contribution < 1.29 is 4.43 Å². The van der Waals surface area contributed by atoms with Crippen LogP contribution in [0.1, 0.15) is 25.8 Å². The fraction of sp³-hybridized carbons (Fsp3) is 0.500. The van der Waals surface area contributed by atoms with Crippen molar-refractivity contribution in [1.82, 2.24) is 15.0 Å². The first kappa shape index (κ1) is 17.8. The average Bonchev–Trinajstić information content (AvgIpc) is 2.87. The SMILES string of the molecule is CC(C)(C)[Si](C)(C)OCc1ncc(-c2nc(Cl)ncc2Cl)s1. The van der Waals surface area contributed by atoms with Crippen molar-refractivity contribution in [3.05, 3.63) is 27.7 Å². The van der Waals surface area contributed by atoms with Crippen LogP contribution < -0.4 is 0 Å². The molecule has 0 aliphatic rings. The van der Waals surface area contributed by atoms with Crippen molar-refractivity contribution in [2.24, 2.45) is 0 Å². The zero-order valence-electron chi connectivity index (χ0n) is 13.3. The number of hydrogen-bond donors (Lipinski definition) is 0. The van der Waals surface area contributed by atoms with Gasteiger partial charge in [0.15, 0.2) is 8.32 Å². The number of halogens is 2. The van der Waals surface area contributed by atoms with E-state index >= 15 is 0 Å². The van der Waals surface area contributed by atoms with Gasteiger partial charge in [-0.2, -0.15) is 0 Å². The molecule has 2 rings (SSSR count). The molecule has 0 atom stereocenters. The Balaban J connectivity index is 2.14. The molecule has 0 aliphatic heterocycles. The van der Waals surface area contributed by atoms with Gasteiger partial charge in [-0.05, 0) is 29.7 Å². The molecule has 0 amide bonds. The monoisotopic (exact) mass is 375 g/mol. The Morgan fingerprint density at radius 3 is 2.50 bits per heavy atom. The van der Waals surface area contributed by atoms with E-state index in [0.29, 0.717) is 17.3 Å². The van der Waals surface area contributed by atoms with Gasteiger partial charge in [0.25, 0.3) is 0 Å². The highest BCUT2D eigenvalue weighted by molar-refractivity contribution is 7.15. The van der Waals surface area contributed by atoms with Gasteiger partial charge in [-0.3, -0.25) is 0 Å². The summed E-state index contributed by atoms with van der Waals surface area (Å²) in [5, 5.41) is 1.72. The van der Waals surface area contributed by atoms with Crippen LogP contribution in [0, 0.1) is 0 Å². The van der Waals surface area contributed by atoms with Gasteiger partial charge in [0.1, 0.15) is 10.7 Å². The smallest absolute Gasteiger partial charge is 0.223 e. The highest BCUT2D eigenvalue weighted by atomic mass is 35.5. The summed E-state index contributed by atoms with van der Waals surface area (Å²) in [6.07, 6.45) is 3.25. The lowest BCUT2D eigenvalue weighted by Crippen LogP contribution is -2.40. The molecule has 0 unspecified atom stereocenters. The fourth-order valence-electron chi connectivity index (χ4n) is 1.46. The molecule has 0 aliphatic carbocycles. The summed E-state index contributed by atoms with van der Waals surface area (Å²) in [7, 11) is -1.78. The van der Waals surface area contributed by atoms with Crippen LogP contribution in [0.2, 0.25) is 28.4 Å². The highest BCUT2D eigenvalue weighted by Gasteiger charge is 2.37. The van der Waals surface area contributed by atoms with Gasteiger partial charge in [-0.1, -0.05) is 32.4 Å². The molecule has 0 bridgehead atoms. The van der Waals surface area contributed by atoms with E-state index in [0.717, 1.165) is 9.88 Å². The number of rotatable bonds is 4. The van der Waals surface area contributed by atoms with Gasteiger partial charge in [0, 0.05) is 6.20 Å². The second-order valence-corrected chi connectivity index (χ2v) is 13.2. The molecule has 22 heavy (non-hydrogen) atoms. The largest absolute Gasteiger partial charge is 0.410 e. The third-order valence-electron chi connectivity index (χ3n) is 3.86. The molecule has 0 spiro atoms. The van der Waals surface area contributed by atoms with E-state index in [1.54, 1.807) is 6.20 Å². The maximum absolute atomic E-state index is 6.18. The normalized spacial score (nSPS) is 12.7. The van der Waals surface area contributed by atoms with Crippen molar-refractivity contribution >= 4 is 42.9 Å². The Bertz CT molecular complexity index is 670. The first-order chi connectivity index (χ1) is 10.1. The highest BCUT2D eigenvalue weighted by Crippen LogP contribution is 2.38. The Hall–Kier alpha value is -0.533. The van der Waals surface area contributed by atoms with Gasteiger partial charge in [0.05, 0.1) is 22.7 Å². The summed E-state index contributed by atoms with van der Waals surface area (Å²) < 4.78 is 6.18. The van der Waals surface area contributed by atoms with Crippen LogP contribution in [-0.4, -0.2) is 23.3 Å². The molecule has 8 heteroatoms. The van der Waals surface area contributed by atoms with E-state index in [1.807, 2.05) is 0 Å². The van der Waals surface area contributed by atoms with Crippen LogP contribution in [0.3, 0.4) is 0 Å². The number of hydrogen-bond acceptors (Lipinski definition) is 5. The Morgan fingerprint density at radius 2 is 1.86 bits per heavy atom. The molecule has 2 heterocycles. The number of aromatic nitrogens is 3. The fourth-order valence-corrected chi connectivity index (χ4v) is 3.72. The molecular formula is C14H19Cl2N3OSSi. The molecule has 0 N–H and O–H groups in total. The van der Waals surface area contributed by atoms with Crippen molar-refractivity contribution in [3.8, 4) is 10.6 Å². The third-order valence-corrected chi connectivity index (χ3v) is 9.78. The molecule has 120 valence electrons. The molecule has 0 fully saturated rings. The summed E-state index contributed by atoms with van der Waals surface area (Å²) in [4.78, 5) is 13.3. The summed E-state index contributed by atoms with van der Waals surface area (Å²) in [5.41, 5.74) is 0.609. The topological polar surface area (TPSA) is 47.9 Å². The molecule has 0 radical (unpaired) electrons. The second-order valence-electron chi connectivity index (χ2n) is 6.50. The quantitative estimate of drug-likeness (QED) is 0.527. The summed E-state index contributed by atoms with van der Waals surface area (Å²) in [6, 6.07) is 0. The third kappa shape index (κ3) is 4.05. The number of thiazole rings is 1. The molecule has 0 saturated carbocycles. The maximum Gasteiger partial charge on any atom is 0.223 e. The minimum absolute atomic E-state index is 0.173. The lowest BCUT2D eigenvalue weighted by molar-refractivity contribution is 0.276. The Kier molecular flexibility index (Phi) is 5.29. The minimum atomic E-state index is -1.78. The lowest BCUT2D eigenvalue weighted by Gasteiger charge is -2.35. The molecule has 4 nitrogen and oxygen atoms in total. The molecular weight excluding hydrogens is 357 g/mol. The first-order valence-electron chi connectivity index (χ1n) is 6.87. The van der Waals surface area contributed by atoms with E-state index in [-0.39, 0.29) is 10.3 Å². The van der Waals surface area contributed by atoms with Gasteiger partial charge in [-0.15, -0.1) is 11.3 Å². The summed E-state index contributed by atoms with van der Waals surface area (Å²) in [6.45, 7) is 11.6. The van der Waals surface area contributed by atoms with E-state index in [1.165, 1.54) is 17.5 Å². The average molecular weight is 376 g/mol. The minimum Gasteiger partial charge on any atom is -0.410 e. The molecule has 0 aromatic carbocycles. The van der Waals surface area contributed by atoms with Gasteiger partial charge >= 0.3 is 0 Å². The van der Waals surface area contributed by atoms with Crippen molar-refractivity contribution in [2.75, 3.05) is 0 Å². The molecule has 2 aromatic heterocycles. The van der Waals surface area contributed by atoms with E-state index in [4.69, 9.17) is 27.6 Å². The molecule has 2 aromatic rings. The predicted octanol–water partition coefficient (Wildman–Crippen LogP) is 5.43. The second kappa shape index (κ2) is 6.53. The molecule has 0 saturated heterocycles. The predicted molar refractivity (Wildman–Crippen MR) is 95.1 cm³/mol. The van der Waals surface area contributed by atoms with Gasteiger partial charge in [-0.25, -0.2) is 15.0 Å². The van der Waals surface area contributed by atoms with Crippen molar-refractivity contribution in [3.63, 3.8) is 0 Å². The van der Waals surface area contributed by atoms with Gasteiger partial charge < -0.3 is 4.43 Å². The Morgan fingerprint density at radius 1 is 1.18 bits per heavy atom. The standard InChI is InChI=1S/C14H19Cl2N3OSSi/c1-14(2,3)22(4,5)20-8-11-17-7-10(21-11)12-9(15)6-18-13(16)19-12/h6-7H,8H2,1-5H3. The van der Waals surface area contributed by atoms with Crippen LogP contribution in [0.25, 0.3) is 10.6 Å². The zero-order valence-corrected chi connectivity index (χ0v) is 16.6. The maximum atomic E-state index is 6.18. The first-order valence-corrected chi connectivity index (χ1v) is 11.4. The van der Waals surface area contributed by atoms with Crippen LogP contribution in [0.15, 0.2) is 12.4 Å². The van der Waals surface area contributed by atoms with E-state index in [9.17, 15) is 0 Å². The summed E-state index contributed by atoms with van der Waals surface area (Å²) >= 11 is 13.5. The lowest BCUT2D eigenvalue weighted by atomic mass is 10.2. The number of nitrogens with zero attached hydrogens (tertiary/aromatic N) is 3. The van der Waals surface area contributed by atoms with E-state index in [2.05, 4.69) is 48.8 Å². The van der Waals surface area contributed by atoms with Crippen LogP contribution >= 0.6 is 34.5 Å². The Labute approximate surface area is 146 Å². The zero-order chi connectivity index (χ0) is 16.5. The van der Waals surface area contributed by atoms with Gasteiger partial charge in [0.2, 0.25) is 5.28 Å². The van der Waals surface area contributed by atoms with Crippen molar-refractivity contribution in [1.29, 1.82) is 0 Å². The van der Waals surface area contributed by atoms with Crippen LogP contribution in [-0.2, 0) is 11.0 Å². The van der Waals surface area contributed by atoms with Crippen LogP contribution in [0.5, 0.6) is 0 Å².